The smallest absolute Gasteiger partial charge is 0.455 e. The lowest BCUT2D eigenvalue weighted by Gasteiger charge is -2.25. The van der Waals surface area contributed by atoms with Gasteiger partial charge in [-0.2, -0.15) is 4.98 Å². The first-order chi connectivity index (χ1) is 32.6. The first-order valence-electron chi connectivity index (χ1n) is 20.2. The minimum absolute atomic E-state index is 0.00452. The molecule has 0 spiro atoms. The van der Waals surface area contributed by atoms with E-state index in [1.807, 2.05) is 0 Å². The van der Waals surface area contributed by atoms with Gasteiger partial charge in [-0.05, 0) is 48.4 Å². The van der Waals surface area contributed by atoms with E-state index in [-0.39, 0.29) is 41.7 Å². The third-order valence-corrected chi connectivity index (χ3v) is 11.8. The molecule has 28 nitrogen and oxygen atoms in total. The lowest BCUT2D eigenvalue weighted by atomic mass is 10.1. The SMILES string of the molecule is C[C@H](NC(=O)OCc1ccc(NC(=O)Cc2ccc(F)cc2)cc1)C(=O)O[C@H]1[C@@H](O)[C@H](n2cnc3c(N)ncnc32)O[C@@H]1COP(=O)(O)O[C@H]1[C@@H](O)[C@H](n2ccc(N)nc2=O)O[C@@H]1COP(=O)(O)O. The van der Waals surface area contributed by atoms with Crippen molar-refractivity contribution in [1.82, 2.24) is 34.4 Å². The Balaban J connectivity index is 0.997. The highest BCUT2D eigenvalue weighted by molar-refractivity contribution is 7.47. The number of benzene rings is 2. The van der Waals surface area contributed by atoms with Crippen molar-refractivity contribution in [1.29, 1.82) is 0 Å². The van der Waals surface area contributed by atoms with Gasteiger partial charge in [0, 0.05) is 11.9 Å². The molecule has 10 atom stereocenters. The number of hydrogen-bond acceptors (Lipinski definition) is 21. The van der Waals surface area contributed by atoms with Crippen molar-refractivity contribution in [2.75, 3.05) is 30.0 Å². The monoisotopic (exact) mass is 1010 g/mol. The fourth-order valence-electron chi connectivity index (χ4n) is 6.98. The summed E-state index contributed by atoms with van der Waals surface area (Å²) >= 11 is 0. The quantitative estimate of drug-likeness (QED) is 0.0409. The summed E-state index contributed by atoms with van der Waals surface area (Å²) in [4.78, 5) is 96.3. The summed E-state index contributed by atoms with van der Waals surface area (Å²) < 4.78 is 77.4. The fraction of sp³-hybridized carbons (Fsp3) is 0.368. The zero-order valence-electron chi connectivity index (χ0n) is 35.6. The third kappa shape index (κ3) is 12.7. The number of carbonyl (C=O) groups excluding carboxylic acids is 3. The van der Waals surface area contributed by atoms with E-state index in [0.29, 0.717) is 16.8 Å². The van der Waals surface area contributed by atoms with Crippen molar-refractivity contribution in [3.63, 3.8) is 0 Å². The van der Waals surface area contributed by atoms with Gasteiger partial charge in [-0.3, -0.25) is 27.5 Å². The van der Waals surface area contributed by atoms with Crippen LogP contribution in [-0.4, -0.2) is 128 Å². The number of nitrogens with two attached hydrogens (primary N) is 2. The highest BCUT2D eigenvalue weighted by Gasteiger charge is 2.52. The van der Waals surface area contributed by atoms with Crippen LogP contribution in [0, 0.1) is 5.82 Å². The zero-order chi connectivity index (χ0) is 49.8. The van der Waals surface area contributed by atoms with Crippen molar-refractivity contribution in [2.45, 2.75) is 75.1 Å². The second kappa shape index (κ2) is 21.1. The Kier molecular flexibility index (Phi) is 15.5. The molecule has 0 bridgehead atoms. The Morgan fingerprint density at radius 3 is 2.19 bits per heavy atom. The van der Waals surface area contributed by atoms with Gasteiger partial charge >= 0.3 is 33.4 Å². The molecule has 2 aliphatic rings. The summed E-state index contributed by atoms with van der Waals surface area (Å²) in [6.45, 7) is -1.11. The Labute approximate surface area is 387 Å². The molecule has 2 saturated heterocycles. The molecule has 0 saturated carbocycles. The number of nitrogen functional groups attached to an aromatic ring is 2. The van der Waals surface area contributed by atoms with Crippen LogP contribution in [0.5, 0.6) is 0 Å². The summed E-state index contributed by atoms with van der Waals surface area (Å²) in [6, 6.07) is 11.4. The van der Waals surface area contributed by atoms with Crippen molar-refractivity contribution in [3.05, 3.63) is 101 Å². The minimum Gasteiger partial charge on any atom is -0.455 e. The van der Waals surface area contributed by atoms with Crippen LogP contribution in [0.3, 0.4) is 0 Å². The maximum atomic E-state index is 13.5. The molecule has 69 heavy (non-hydrogen) atoms. The molecule has 3 aromatic heterocycles. The Morgan fingerprint density at radius 1 is 0.870 bits per heavy atom. The number of nitrogens with one attached hydrogen (secondary N) is 2. The van der Waals surface area contributed by atoms with Crippen molar-refractivity contribution in [2.24, 2.45) is 0 Å². The number of phosphoric ester groups is 2. The number of rotatable bonds is 18. The lowest BCUT2D eigenvalue weighted by molar-refractivity contribution is -0.158. The van der Waals surface area contributed by atoms with Crippen LogP contribution in [0.2, 0.25) is 0 Å². The van der Waals surface area contributed by atoms with Gasteiger partial charge in [0.25, 0.3) is 0 Å². The summed E-state index contributed by atoms with van der Waals surface area (Å²) in [5.74, 6) is -2.18. The number of amides is 2. The van der Waals surface area contributed by atoms with Crippen LogP contribution < -0.4 is 27.8 Å². The van der Waals surface area contributed by atoms with E-state index in [4.69, 9.17) is 39.5 Å². The highest BCUT2D eigenvalue weighted by Crippen LogP contribution is 2.50. The molecule has 370 valence electrons. The number of aliphatic hydroxyl groups is 2. The second-order valence-corrected chi connectivity index (χ2v) is 17.9. The van der Waals surface area contributed by atoms with Gasteiger partial charge in [-0.25, -0.2) is 42.9 Å². The topological polar surface area (TPSA) is 406 Å². The number of nitrogens with zero attached hydrogens (tertiary/aromatic N) is 6. The number of carbonyl (C=O) groups is 3. The summed E-state index contributed by atoms with van der Waals surface area (Å²) in [5, 5.41) is 27.7. The van der Waals surface area contributed by atoms with Crippen LogP contribution in [-0.2, 0) is 64.3 Å². The summed E-state index contributed by atoms with van der Waals surface area (Å²) in [6.07, 6.45) is -11.9. The zero-order valence-corrected chi connectivity index (χ0v) is 37.4. The van der Waals surface area contributed by atoms with Crippen LogP contribution in [0.1, 0.15) is 30.5 Å². The van der Waals surface area contributed by atoms with E-state index in [1.165, 1.54) is 42.1 Å². The van der Waals surface area contributed by atoms with E-state index in [9.17, 15) is 57.6 Å². The number of aliphatic hydroxyl groups excluding tert-OH is 2. The molecule has 0 radical (unpaired) electrons. The third-order valence-electron chi connectivity index (χ3n) is 10.3. The highest BCUT2D eigenvalue weighted by atomic mass is 31.2. The number of halogens is 1. The lowest BCUT2D eigenvalue weighted by Crippen LogP contribution is -2.45. The molecule has 31 heteroatoms. The number of aromatic nitrogens is 6. The molecule has 0 aliphatic carbocycles. The molecule has 5 heterocycles. The Hall–Kier alpha value is -6.33. The largest absolute Gasteiger partial charge is 0.472 e. The van der Waals surface area contributed by atoms with E-state index >= 15 is 0 Å². The number of ether oxygens (including phenoxy) is 4. The number of hydrogen-bond donors (Lipinski definition) is 9. The van der Waals surface area contributed by atoms with E-state index < -0.39 is 108 Å². The molecule has 7 rings (SSSR count). The number of alkyl carbamates (subject to hydrolysis) is 1. The maximum absolute atomic E-state index is 13.5. The molecule has 11 N–H and O–H groups in total. The average Bonchev–Trinajstić information content (AvgIpc) is 3.95. The minimum atomic E-state index is -5.45. The number of esters is 1. The van der Waals surface area contributed by atoms with Gasteiger partial charge in [0.1, 0.15) is 66.6 Å². The van der Waals surface area contributed by atoms with Crippen LogP contribution >= 0.6 is 15.6 Å². The molecular weight excluding hydrogens is 965 g/mol. The molecule has 1 unspecified atom stereocenters. The summed E-state index contributed by atoms with van der Waals surface area (Å²) in [5.41, 5.74) is 12.1. The van der Waals surface area contributed by atoms with E-state index in [0.717, 1.165) is 23.2 Å². The first kappa shape index (κ1) is 50.5. The number of phosphoric acid groups is 2. The molecule has 2 amide bonds. The molecule has 5 aromatic rings. The second-order valence-electron chi connectivity index (χ2n) is 15.2. The number of imidazole rings is 1. The predicted molar refractivity (Wildman–Crippen MR) is 229 cm³/mol. The Bertz CT molecular complexity index is 2820. The van der Waals surface area contributed by atoms with Gasteiger partial charge in [0.05, 0.1) is 26.0 Å². The fourth-order valence-corrected chi connectivity index (χ4v) is 8.29. The van der Waals surface area contributed by atoms with Crippen molar-refractivity contribution >= 4 is 62.1 Å². The van der Waals surface area contributed by atoms with Gasteiger partial charge in [0.15, 0.2) is 30.0 Å². The number of fused-ring (bicyclic) bond motifs is 1. The van der Waals surface area contributed by atoms with Crippen LogP contribution in [0.15, 0.2) is 78.2 Å². The van der Waals surface area contributed by atoms with Gasteiger partial charge < -0.3 is 65.9 Å². The molecule has 2 aliphatic heterocycles. The van der Waals surface area contributed by atoms with E-state index in [1.54, 1.807) is 24.3 Å². The maximum Gasteiger partial charge on any atom is 0.472 e. The molecule has 2 aromatic carbocycles. The van der Waals surface area contributed by atoms with Crippen LogP contribution in [0.4, 0.5) is 26.5 Å². The molecular formula is C38H43FN10O18P2. The molecule has 2 fully saturated rings. The van der Waals surface area contributed by atoms with Gasteiger partial charge in [-0.1, -0.05) is 24.3 Å². The van der Waals surface area contributed by atoms with Gasteiger partial charge in [-0.15, -0.1) is 0 Å². The predicted octanol–water partition coefficient (Wildman–Crippen LogP) is -0.0773. The van der Waals surface area contributed by atoms with Crippen molar-refractivity contribution in [3.8, 4) is 0 Å². The normalized spacial score (nSPS) is 23.8. The van der Waals surface area contributed by atoms with Crippen LogP contribution in [0.25, 0.3) is 11.2 Å². The van der Waals surface area contributed by atoms with E-state index in [2.05, 4.69) is 35.1 Å². The van der Waals surface area contributed by atoms with Crippen molar-refractivity contribution < 1.29 is 85.3 Å². The summed E-state index contributed by atoms with van der Waals surface area (Å²) in [7, 11) is -10.6. The first-order valence-corrected chi connectivity index (χ1v) is 23.2. The average molecular weight is 1010 g/mol. The number of anilines is 3. The standard InChI is InChI=1S/C38H43FN10O18P2/c1-18(45-38(55)61-13-20-4-8-22(9-5-20)46-26(50)12-19-2-6-21(39)7-3-19)36(53)66-30-23(64-35(28(30)51)49-17-44-27-32(41)42-16-43-33(27)49)15-63-69(59,60)67-31-24(14-62-68(56,57)58)65-34(29(31)52)48-11-10-25(40)47-37(48)54/h2-11,16-18,23-24,28-31,34-35,51-52H,12-15H2,1H3,(H,45,55)(H,46,50)(H,59,60)(H2,40,47,54)(H2,41,42,43)(H2,56,57,58)/t18-,23+,24+,28+,29+,30+,31+,34+,35+/m0/s1. The van der Waals surface area contributed by atoms with Gasteiger partial charge in [0.2, 0.25) is 5.91 Å². The Morgan fingerprint density at radius 2 is 1.51 bits per heavy atom.